The molecule has 0 bridgehead atoms. The molecule has 2 aromatic carbocycles. The standard InChI is InChI=1S/C20H20N6OS/c1-14-18(19(27)26(24(14)3)17-12-8-5-9-13-17)25-20(21-22-23-25)28-15(2)16-10-6-4-7-11-16/h4-13,15H,1-3H3. The Morgan fingerprint density at radius 3 is 2.32 bits per heavy atom. The fraction of sp³-hybridized carbons (Fsp3) is 0.200. The average Bonchev–Trinajstić information content (AvgIpc) is 3.25. The van der Waals surface area contributed by atoms with Gasteiger partial charge in [-0.25, -0.2) is 4.68 Å². The third kappa shape index (κ3) is 3.16. The highest BCUT2D eigenvalue weighted by Crippen LogP contribution is 2.33. The van der Waals surface area contributed by atoms with Gasteiger partial charge in [0.25, 0.3) is 5.56 Å². The lowest BCUT2D eigenvalue weighted by Gasteiger charge is -2.10. The van der Waals surface area contributed by atoms with E-state index in [1.165, 1.54) is 17.3 Å². The molecule has 7 nitrogen and oxygen atoms in total. The van der Waals surface area contributed by atoms with E-state index in [0.717, 1.165) is 11.4 Å². The number of tetrazole rings is 1. The van der Waals surface area contributed by atoms with Crippen molar-refractivity contribution >= 4 is 11.8 Å². The molecule has 4 aromatic rings. The van der Waals surface area contributed by atoms with Gasteiger partial charge in [-0.1, -0.05) is 60.3 Å². The SMILES string of the molecule is Cc1c(-n2nnnc2SC(C)c2ccccc2)c(=O)n(-c2ccccc2)n1C. The van der Waals surface area contributed by atoms with Crippen molar-refractivity contribution < 1.29 is 0 Å². The van der Waals surface area contributed by atoms with Gasteiger partial charge in [0.2, 0.25) is 5.16 Å². The molecule has 2 aromatic heterocycles. The molecule has 0 aliphatic rings. The molecule has 0 saturated heterocycles. The van der Waals surface area contributed by atoms with E-state index in [2.05, 4.69) is 34.6 Å². The Kier molecular flexibility index (Phi) is 4.87. The summed E-state index contributed by atoms with van der Waals surface area (Å²) in [7, 11) is 1.86. The quantitative estimate of drug-likeness (QED) is 0.487. The fourth-order valence-electron chi connectivity index (χ4n) is 3.14. The Bertz CT molecular complexity index is 1150. The van der Waals surface area contributed by atoms with Gasteiger partial charge in [-0.3, -0.25) is 9.48 Å². The van der Waals surface area contributed by atoms with Gasteiger partial charge in [0.05, 0.1) is 11.4 Å². The average molecular weight is 392 g/mol. The minimum Gasteiger partial charge on any atom is -0.283 e. The number of rotatable bonds is 5. The van der Waals surface area contributed by atoms with Crippen LogP contribution in [0.15, 0.2) is 70.6 Å². The summed E-state index contributed by atoms with van der Waals surface area (Å²) in [6.07, 6.45) is 0. The topological polar surface area (TPSA) is 70.5 Å². The highest BCUT2D eigenvalue weighted by molar-refractivity contribution is 7.99. The molecule has 0 aliphatic carbocycles. The first-order valence-electron chi connectivity index (χ1n) is 8.92. The smallest absolute Gasteiger partial charge is 0.283 e. The first kappa shape index (κ1) is 18.2. The maximum atomic E-state index is 13.2. The van der Waals surface area contributed by atoms with E-state index in [4.69, 9.17) is 0 Å². The first-order valence-corrected chi connectivity index (χ1v) is 9.80. The second-order valence-corrected chi connectivity index (χ2v) is 7.76. The largest absolute Gasteiger partial charge is 0.297 e. The van der Waals surface area contributed by atoms with Crippen LogP contribution in [0.5, 0.6) is 0 Å². The molecule has 0 saturated carbocycles. The van der Waals surface area contributed by atoms with Crippen LogP contribution in [0.2, 0.25) is 0 Å². The fourth-order valence-corrected chi connectivity index (χ4v) is 4.06. The van der Waals surface area contributed by atoms with E-state index >= 15 is 0 Å². The Labute approximate surface area is 166 Å². The molecule has 2 heterocycles. The van der Waals surface area contributed by atoms with Gasteiger partial charge in [0.1, 0.15) is 0 Å². The summed E-state index contributed by atoms with van der Waals surface area (Å²) in [5, 5.41) is 12.8. The number of benzene rings is 2. The normalized spacial score (nSPS) is 12.2. The molecule has 1 atom stereocenters. The van der Waals surface area contributed by atoms with Crippen molar-refractivity contribution in [1.82, 2.24) is 29.6 Å². The van der Waals surface area contributed by atoms with Gasteiger partial charge in [-0.05, 0) is 42.0 Å². The zero-order valence-corrected chi connectivity index (χ0v) is 16.7. The van der Waals surface area contributed by atoms with Crippen molar-refractivity contribution in [2.75, 3.05) is 0 Å². The van der Waals surface area contributed by atoms with E-state index in [-0.39, 0.29) is 10.8 Å². The van der Waals surface area contributed by atoms with Crippen LogP contribution in [0.4, 0.5) is 0 Å². The summed E-state index contributed by atoms with van der Waals surface area (Å²) in [5.41, 5.74) is 3.06. The van der Waals surface area contributed by atoms with Gasteiger partial charge >= 0.3 is 0 Å². The van der Waals surface area contributed by atoms with Crippen molar-refractivity contribution in [2.24, 2.45) is 7.05 Å². The molecule has 0 amide bonds. The van der Waals surface area contributed by atoms with E-state index < -0.39 is 0 Å². The van der Waals surface area contributed by atoms with Crippen molar-refractivity contribution in [3.63, 3.8) is 0 Å². The summed E-state index contributed by atoms with van der Waals surface area (Å²) in [6.45, 7) is 3.99. The zero-order chi connectivity index (χ0) is 19.7. The molecule has 28 heavy (non-hydrogen) atoms. The highest BCUT2D eigenvalue weighted by Gasteiger charge is 2.23. The third-order valence-corrected chi connectivity index (χ3v) is 5.82. The van der Waals surface area contributed by atoms with Crippen molar-refractivity contribution in [3.8, 4) is 11.4 Å². The Morgan fingerprint density at radius 2 is 1.64 bits per heavy atom. The monoisotopic (exact) mass is 392 g/mol. The maximum Gasteiger partial charge on any atom is 0.297 e. The van der Waals surface area contributed by atoms with Gasteiger partial charge in [0.15, 0.2) is 5.69 Å². The molecular formula is C20H20N6OS. The number of hydrogen-bond acceptors (Lipinski definition) is 5. The number of hydrogen-bond donors (Lipinski definition) is 0. The lowest BCUT2D eigenvalue weighted by molar-refractivity contribution is 0.630. The predicted octanol–water partition coefficient (Wildman–Crippen LogP) is 3.31. The van der Waals surface area contributed by atoms with Crippen LogP contribution in [0.25, 0.3) is 11.4 Å². The highest BCUT2D eigenvalue weighted by atomic mass is 32.2. The van der Waals surface area contributed by atoms with Gasteiger partial charge in [-0.2, -0.15) is 4.68 Å². The van der Waals surface area contributed by atoms with Crippen LogP contribution in [0.1, 0.15) is 23.4 Å². The Morgan fingerprint density at radius 1 is 1.00 bits per heavy atom. The van der Waals surface area contributed by atoms with Crippen LogP contribution < -0.4 is 5.56 Å². The van der Waals surface area contributed by atoms with Gasteiger partial charge in [0, 0.05) is 12.3 Å². The van der Waals surface area contributed by atoms with Crippen LogP contribution in [-0.2, 0) is 7.05 Å². The number of nitrogens with zero attached hydrogens (tertiary/aromatic N) is 6. The molecule has 1 unspecified atom stereocenters. The summed E-state index contributed by atoms with van der Waals surface area (Å²) >= 11 is 1.52. The maximum absolute atomic E-state index is 13.2. The summed E-state index contributed by atoms with van der Waals surface area (Å²) in [4.78, 5) is 13.2. The third-order valence-electron chi connectivity index (χ3n) is 4.73. The second-order valence-electron chi connectivity index (χ2n) is 6.45. The van der Waals surface area contributed by atoms with Crippen molar-refractivity contribution in [3.05, 3.63) is 82.3 Å². The lowest BCUT2D eigenvalue weighted by Crippen LogP contribution is -2.22. The number of para-hydroxylation sites is 1. The molecule has 0 N–H and O–H groups in total. The number of thioether (sulfide) groups is 1. The van der Waals surface area contributed by atoms with Crippen LogP contribution in [-0.4, -0.2) is 29.6 Å². The summed E-state index contributed by atoms with van der Waals surface area (Å²) < 4.78 is 4.99. The molecule has 0 radical (unpaired) electrons. The molecule has 0 spiro atoms. The van der Waals surface area contributed by atoms with Gasteiger partial charge < -0.3 is 0 Å². The molecule has 8 heteroatoms. The van der Waals surface area contributed by atoms with E-state index in [0.29, 0.717) is 10.8 Å². The van der Waals surface area contributed by atoms with E-state index in [9.17, 15) is 4.79 Å². The van der Waals surface area contributed by atoms with E-state index in [1.54, 1.807) is 9.36 Å². The predicted molar refractivity (Wildman–Crippen MR) is 109 cm³/mol. The van der Waals surface area contributed by atoms with Crippen LogP contribution in [0.3, 0.4) is 0 Å². The van der Waals surface area contributed by atoms with Crippen molar-refractivity contribution in [1.29, 1.82) is 0 Å². The number of aromatic nitrogens is 6. The molecule has 4 rings (SSSR count). The van der Waals surface area contributed by atoms with Crippen molar-refractivity contribution in [2.45, 2.75) is 24.3 Å². The van der Waals surface area contributed by atoms with Crippen LogP contribution >= 0.6 is 11.8 Å². The second kappa shape index (κ2) is 7.47. The molecule has 0 aliphatic heterocycles. The summed E-state index contributed by atoms with van der Waals surface area (Å²) in [5.74, 6) is 0. The minimum atomic E-state index is -0.160. The Balaban J connectivity index is 1.76. The Hall–Kier alpha value is -3.13. The summed E-state index contributed by atoms with van der Waals surface area (Å²) in [6, 6.07) is 19.7. The molecule has 0 fully saturated rings. The van der Waals surface area contributed by atoms with E-state index in [1.807, 2.05) is 67.2 Å². The lowest BCUT2D eigenvalue weighted by atomic mass is 10.2. The minimum absolute atomic E-state index is 0.145. The zero-order valence-electron chi connectivity index (χ0n) is 15.9. The van der Waals surface area contributed by atoms with Crippen LogP contribution in [0, 0.1) is 6.92 Å². The molecular weight excluding hydrogens is 372 g/mol. The first-order chi connectivity index (χ1) is 13.6. The molecule has 142 valence electrons. The van der Waals surface area contributed by atoms with Gasteiger partial charge in [-0.15, -0.1) is 5.10 Å².